The fourth-order valence-corrected chi connectivity index (χ4v) is 3.69. The van der Waals surface area contributed by atoms with E-state index in [2.05, 4.69) is 40.3 Å². The summed E-state index contributed by atoms with van der Waals surface area (Å²) in [5.74, 6) is 4.12. The Hall–Kier alpha value is -1.63. The summed E-state index contributed by atoms with van der Waals surface area (Å²) >= 11 is 5.24. The van der Waals surface area contributed by atoms with Gasteiger partial charge in [-0.15, -0.1) is 0 Å². The number of hydrogen-bond acceptors (Lipinski definition) is 5. The molecule has 0 spiro atoms. The molecule has 0 radical (unpaired) electrons. The van der Waals surface area contributed by atoms with Gasteiger partial charge >= 0.3 is 0 Å². The van der Waals surface area contributed by atoms with Crippen LogP contribution in [0.5, 0.6) is 0 Å². The lowest BCUT2D eigenvalue weighted by atomic mass is 9.99. The number of nitrogens with one attached hydrogen (secondary N) is 2. The molecular formula is C18H30N6S. The maximum atomic E-state index is 5.24. The van der Waals surface area contributed by atoms with Gasteiger partial charge in [-0.2, -0.15) is 9.97 Å². The van der Waals surface area contributed by atoms with Crippen molar-refractivity contribution in [3.63, 3.8) is 0 Å². The largest absolute Gasteiger partial charge is 0.365 e. The zero-order valence-electron chi connectivity index (χ0n) is 15.6. The second-order valence-corrected chi connectivity index (χ2v) is 7.88. The monoisotopic (exact) mass is 362 g/mol. The molecule has 25 heavy (non-hydrogen) atoms. The first-order valence-corrected chi connectivity index (χ1v) is 9.83. The lowest BCUT2D eigenvalue weighted by Gasteiger charge is -2.34. The molecule has 0 saturated carbocycles. The Morgan fingerprint density at radius 1 is 1.04 bits per heavy atom. The Balaban J connectivity index is 1.86. The summed E-state index contributed by atoms with van der Waals surface area (Å²) in [6, 6.07) is 2.15. The summed E-state index contributed by atoms with van der Waals surface area (Å²) in [4.78, 5) is 14.2. The minimum atomic E-state index is 0.544. The van der Waals surface area contributed by atoms with Gasteiger partial charge in [0.1, 0.15) is 11.6 Å². The number of thiocarbonyl (C=S) groups is 1. The van der Waals surface area contributed by atoms with Crippen molar-refractivity contribution < 1.29 is 0 Å². The maximum absolute atomic E-state index is 5.24. The van der Waals surface area contributed by atoms with Crippen molar-refractivity contribution in [1.29, 1.82) is 0 Å². The number of anilines is 3. The minimum absolute atomic E-state index is 0.544. The first kappa shape index (κ1) is 18.2. The van der Waals surface area contributed by atoms with Crippen LogP contribution in [0.15, 0.2) is 6.07 Å². The van der Waals surface area contributed by atoms with E-state index in [0.717, 1.165) is 43.7 Å². The van der Waals surface area contributed by atoms with Crippen LogP contribution in [-0.4, -0.2) is 48.3 Å². The fourth-order valence-electron chi connectivity index (χ4n) is 3.60. The highest BCUT2D eigenvalue weighted by Gasteiger charge is 2.22. The maximum Gasteiger partial charge on any atom is 0.232 e. The van der Waals surface area contributed by atoms with Gasteiger partial charge in [0.25, 0.3) is 0 Å². The number of rotatable bonds is 3. The molecule has 3 heterocycles. The van der Waals surface area contributed by atoms with E-state index < -0.39 is 0 Å². The van der Waals surface area contributed by atoms with E-state index in [4.69, 9.17) is 22.2 Å². The van der Waals surface area contributed by atoms with Gasteiger partial charge in [-0.1, -0.05) is 13.8 Å². The van der Waals surface area contributed by atoms with E-state index in [1.807, 2.05) is 0 Å². The quantitative estimate of drug-likeness (QED) is 0.802. The molecule has 0 aromatic carbocycles. The van der Waals surface area contributed by atoms with Gasteiger partial charge < -0.3 is 20.4 Å². The molecule has 6 nitrogen and oxygen atoms in total. The summed E-state index contributed by atoms with van der Waals surface area (Å²) in [5.41, 5.74) is 0. The summed E-state index contributed by atoms with van der Waals surface area (Å²) < 4.78 is 0. The van der Waals surface area contributed by atoms with Crippen LogP contribution in [-0.2, 0) is 0 Å². The highest BCUT2D eigenvalue weighted by atomic mass is 32.1. The molecule has 2 fully saturated rings. The zero-order valence-corrected chi connectivity index (χ0v) is 16.4. The van der Waals surface area contributed by atoms with Crippen molar-refractivity contribution in [2.45, 2.75) is 39.5 Å². The van der Waals surface area contributed by atoms with Gasteiger partial charge in [0, 0.05) is 39.3 Å². The molecule has 0 aliphatic carbocycles. The molecule has 2 aliphatic rings. The third kappa shape index (κ3) is 4.71. The molecular weight excluding hydrogens is 332 g/mol. The second-order valence-electron chi connectivity index (χ2n) is 7.48. The number of aromatic nitrogens is 2. The number of hydrogen-bond donors (Lipinski definition) is 2. The Morgan fingerprint density at radius 2 is 1.72 bits per heavy atom. The average Bonchev–Trinajstić information content (AvgIpc) is 2.62. The van der Waals surface area contributed by atoms with Crippen molar-refractivity contribution in [3.05, 3.63) is 6.07 Å². The van der Waals surface area contributed by atoms with Crippen LogP contribution in [0.4, 0.5) is 17.6 Å². The first-order chi connectivity index (χ1) is 12.0. The van der Waals surface area contributed by atoms with Gasteiger partial charge in [0.05, 0.1) is 0 Å². The molecule has 138 valence electrons. The SMILES string of the molecule is CNC(=S)Nc1nc(N2CCC(C)CC2)cc(N2CCCC(C)C2)n1. The van der Waals surface area contributed by atoms with Gasteiger partial charge in [0.15, 0.2) is 5.11 Å². The Labute approximate surface area is 156 Å². The van der Waals surface area contributed by atoms with E-state index in [1.54, 1.807) is 7.05 Å². The van der Waals surface area contributed by atoms with Crippen LogP contribution >= 0.6 is 12.2 Å². The lowest BCUT2D eigenvalue weighted by Crippen LogP contribution is -2.37. The first-order valence-electron chi connectivity index (χ1n) is 9.43. The van der Waals surface area contributed by atoms with Gasteiger partial charge in [-0.3, -0.25) is 0 Å². The van der Waals surface area contributed by atoms with Crippen LogP contribution in [0.25, 0.3) is 0 Å². The van der Waals surface area contributed by atoms with Gasteiger partial charge in [-0.05, 0) is 49.7 Å². The van der Waals surface area contributed by atoms with Gasteiger partial charge in [-0.25, -0.2) is 0 Å². The van der Waals surface area contributed by atoms with E-state index >= 15 is 0 Å². The summed E-state index contributed by atoms with van der Waals surface area (Å²) in [6.45, 7) is 8.89. The number of piperidine rings is 2. The zero-order chi connectivity index (χ0) is 17.8. The topological polar surface area (TPSA) is 56.3 Å². The van der Waals surface area contributed by atoms with Crippen LogP contribution in [0.1, 0.15) is 39.5 Å². The molecule has 1 aromatic rings. The van der Waals surface area contributed by atoms with Crippen LogP contribution in [0.2, 0.25) is 0 Å². The van der Waals surface area contributed by atoms with Crippen molar-refractivity contribution in [2.24, 2.45) is 11.8 Å². The highest BCUT2D eigenvalue weighted by Crippen LogP contribution is 2.28. The van der Waals surface area contributed by atoms with Crippen LogP contribution < -0.4 is 20.4 Å². The molecule has 2 aliphatic heterocycles. The third-order valence-corrected chi connectivity index (χ3v) is 5.55. The molecule has 0 bridgehead atoms. The molecule has 0 amide bonds. The Kier molecular flexibility index (Phi) is 5.93. The predicted octanol–water partition coefficient (Wildman–Crippen LogP) is 2.87. The Morgan fingerprint density at radius 3 is 2.36 bits per heavy atom. The van der Waals surface area contributed by atoms with Crippen molar-refractivity contribution in [1.82, 2.24) is 15.3 Å². The molecule has 2 saturated heterocycles. The predicted molar refractivity (Wildman–Crippen MR) is 109 cm³/mol. The molecule has 2 N–H and O–H groups in total. The normalized spacial score (nSPS) is 22.0. The van der Waals surface area contributed by atoms with Gasteiger partial charge in [0.2, 0.25) is 5.95 Å². The van der Waals surface area contributed by atoms with Crippen molar-refractivity contribution in [3.8, 4) is 0 Å². The highest BCUT2D eigenvalue weighted by molar-refractivity contribution is 7.80. The summed E-state index contributed by atoms with van der Waals surface area (Å²) in [5, 5.41) is 6.60. The number of nitrogens with zero attached hydrogens (tertiary/aromatic N) is 4. The van der Waals surface area contributed by atoms with E-state index in [0.29, 0.717) is 17.0 Å². The fraction of sp³-hybridized carbons (Fsp3) is 0.722. The summed E-state index contributed by atoms with van der Waals surface area (Å²) in [6.07, 6.45) is 4.96. The smallest absolute Gasteiger partial charge is 0.232 e. The molecule has 1 atom stereocenters. The van der Waals surface area contributed by atoms with Crippen LogP contribution in [0, 0.1) is 11.8 Å². The van der Waals surface area contributed by atoms with E-state index in [-0.39, 0.29) is 0 Å². The van der Waals surface area contributed by atoms with Crippen molar-refractivity contribution in [2.75, 3.05) is 48.3 Å². The standard InChI is InChI=1S/C18H30N6S/c1-13-6-9-23(10-7-13)15-11-16(24-8-4-5-14(2)12-24)21-17(20-15)22-18(25)19-3/h11,13-14H,4-10,12H2,1-3H3,(H2,19,20,21,22,25). The molecule has 1 unspecified atom stereocenters. The summed E-state index contributed by atoms with van der Waals surface area (Å²) in [7, 11) is 1.80. The average molecular weight is 363 g/mol. The third-order valence-electron chi connectivity index (χ3n) is 5.24. The van der Waals surface area contributed by atoms with Crippen molar-refractivity contribution >= 4 is 34.9 Å². The van der Waals surface area contributed by atoms with E-state index in [1.165, 1.54) is 25.7 Å². The minimum Gasteiger partial charge on any atom is -0.365 e. The van der Waals surface area contributed by atoms with Crippen LogP contribution in [0.3, 0.4) is 0 Å². The Bertz CT molecular complexity index is 599. The van der Waals surface area contributed by atoms with E-state index in [9.17, 15) is 0 Å². The molecule has 7 heteroatoms. The molecule has 1 aromatic heterocycles. The lowest BCUT2D eigenvalue weighted by molar-refractivity contribution is 0.435. The molecule has 3 rings (SSSR count). The second kappa shape index (κ2) is 8.17.